The highest BCUT2D eigenvalue weighted by Gasteiger charge is 2.31. The van der Waals surface area contributed by atoms with Crippen LogP contribution in [0, 0.1) is 0 Å². The maximum atomic E-state index is 5.54. The van der Waals surface area contributed by atoms with E-state index in [0.717, 1.165) is 49.0 Å². The minimum Gasteiger partial charge on any atom is -0.338 e. The second kappa shape index (κ2) is 6.02. The highest BCUT2D eigenvalue weighted by molar-refractivity contribution is 5.75. The van der Waals surface area contributed by atoms with Crippen LogP contribution in [-0.4, -0.2) is 31.1 Å². The zero-order chi connectivity index (χ0) is 16.7. The van der Waals surface area contributed by atoms with Gasteiger partial charge in [0.25, 0.3) is 0 Å². The lowest BCUT2D eigenvalue weighted by Gasteiger charge is -2.21. The third-order valence-corrected chi connectivity index (χ3v) is 4.85. The van der Waals surface area contributed by atoms with Crippen LogP contribution in [0.15, 0.2) is 28.8 Å². The van der Waals surface area contributed by atoms with Crippen LogP contribution in [0.2, 0.25) is 0 Å². The van der Waals surface area contributed by atoms with Crippen molar-refractivity contribution in [2.75, 3.05) is 6.54 Å². The molecular weight excluding hydrogens is 302 g/mol. The molecule has 0 spiro atoms. The molecule has 0 bridgehead atoms. The Morgan fingerprint density at radius 3 is 2.83 bits per heavy atom. The Morgan fingerprint density at radius 1 is 1.25 bits per heavy atom. The summed E-state index contributed by atoms with van der Waals surface area (Å²) in [5.74, 6) is 2.90. The molecule has 1 aliphatic heterocycles. The summed E-state index contributed by atoms with van der Waals surface area (Å²) in [6.45, 7) is 6.00. The molecule has 0 aliphatic carbocycles. The summed E-state index contributed by atoms with van der Waals surface area (Å²) in [5.41, 5.74) is 2.22. The number of rotatable bonds is 4. The Kier molecular flexibility index (Phi) is 3.84. The number of aromatic nitrogens is 4. The Hall–Kier alpha value is -2.21. The quantitative estimate of drug-likeness (QED) is 0.735. The molecule has 1 atom stereocenters. The zero-order valence-corrected chi connectivity index (χ0v) is 14.4. The maximum Gasteiger partial charge on any atom is 0.244 e. The first kappa shape index (κ1) is 15.3. The SMILES string of the molecule is CC(C)c1noc([C@H]2CCCN2Cc2nc3ccccc3n2C)n1. The van der Waals surface area contributed by atoms with Crippen molar-refractivity contribution in [2.24, 2.45) is 7.05 Å². The number of benzene rings is 1. The minimum atomic E-state index is 0.199. The molecule has 0 N–H and O–H groups in total. The summed E-state index contributed by atoms with van der Waals surface area (Å²) in [4.78, 5) is 11.8. The van der Waals surface area contributed by atoms with Crippen molar-refractivity contribution in [1.29, 1.82) is 0 Å². The largest absolute Gasteiger partial charge is 0.338 e. The molecule has 6 heteroatoms. The van der Waals surface area contributed by atoms with Crippen molar-refractivity contribution in [2.45, 2.75) is 45.2 Å². The predicted octanol–water partition coefficient (Wildman–Crippen LogP) is 3.42. The molecule has 1 fully saturated rings. The molecular formula is C18H23N5O. The average Bonchev–Trinajstić information content (AvgIpc) is 3.28. The Morgan fingerprint density at radius 2 is 2.08 bits per heavy atom. The fourth-order valence-electron chi connectivity index (χ4n) is 3.43. The van der Waals surface area contributed by atoms with E-state index in [-0.39, 0.29) is 12.0 Å². The van der Waals surface area contributed by atoms with Crippen LogP contribution in [0.3, 0.4) is 0 Å². The summed E-state index contributed by atoms with van der Waals surface area (Å²) in [6, 6.07) is 8.46. The lowest BCUT2D eigenvalue weighted by molar-refractivity contribution is 0.195. The topological polar surface area (TPSA) is 60.0 Å². The van der Waals surface area contributed by atoms with E-state index in [2.05, 4.69) is 58.7 Å². The molecule has 1 saturated heterocycles. The van der Waals surface area contributed by atoms with Crippen LogP contribution in [-0.2, 0) is 13.6 Å². The van der Waals surface area contributed by atoms with E-state index in [9.17, 15) is 0 Å². The molecule has 0 amide bonds. The van der Waals surface area contributed by atoms with E-state index in [1.54, 1.807) is 0 Å². The number of likely N-dealkylation sites (tertiary alicyclic amines) is 1. The van der Waals surface area contributed by atoms with Crippen LogP contribution >= 0.6 is 0 Å². The third-order valence-electron chi connectivity index (χ3n) is 4.85. The highest BCUT2D eigenvalue weighted by Crippen LogP contribution is 2.33. The van der Waals surface area contributed by atoms with Gasteiger partial charge in [0.1, 0.15) is 5.82 Å². The molecule has 0 radical (unpaired) electrons. The molecule has 1 aliphatic rings. The molecule has 0 unspecified atom stereocenters. The van der Waals surface area contributed by atoms with Crippen LogP contribution in [0.1, 0.15) is 56.2 Å². The first-order chi connectivity index (χ1) is 11.6. The van der Waals surface area contributed by atoms with Gasteiger partial charge in [0.15, 0.2) is 5.82 Å². The van der Waals surface area contributed by atoms with Crippen LogP contribution in [0.25, 0.3) is 11.0 Å². The van der Waals surface area contributed by atoms with Gasteiger partial charge in [-0.2, -0.15) is 4.98 Å². The molecule has 2 aromatic heterocycles. The van der Waals surface area contributed by atoms with Crippen molar-refractivity contribution < 1.29 is 4.52 Å². The molecule has 6 nitrogen and oxygen atoms in total. The fourth-order valence-corrected chi connectivity index (χ4v) is 3.43. The van der Waals surface area contributed by atoms with E-state index >= 15 is 0 Å². The summed E-state index contributed by atoms with van der Waals surface area (Å²) in [5, 5.41) is 4.12. The van der Waals surface area contributed by atoms with Gasteiger partial charge in [-0.15, -0.1) is 0 Å². The van der Waals surface area contributed by atoms with Crippen LogP contribution in [0.4, 0.5) is 0 Å². The van der Waals surface area contributed by atoms with Gasteiger partial charge < -0.3 is 9.09 Å². The number of fused-ring (bicyclic) bond motifs is 1. The second-order valence-corrected chi connectivity index (χ2v) is 6.85. The normalized spacial score (nSPS) is 18.9. The van der Waals surface area contributed by atoms with Crippen molar-refractivity contribution in [3.63, 3.8) is 0 Å². The van der Waals surface area contributed by atoms with Gasteiger partial charge in [-0.3, -0.25) is 4.90 Å². The third kappa shape index (κ3) is 2.60. The highest BCUT2D eigenvalue weighted by atomic mass is 16.5. The lowest BCUT2D eigenvalue weighted by atomic mass is 10.2. The van der Waals surface area contributed by atoms with Gasteiger partial charge in [-0.1, -0.05) is 31.1 Å². The monoisotopic (exact) mass is 325 g/mol. The van der Waals surface area contributed by atoms with Crippen molar-refractivity contribution in [3.8, 4) is 0 Å². The van der Waals surface area contributed by atoms with Gasteiger partial charge in [-0.05, 0) is 31.5 Å². The molecule has 126 valence electrons. The van der Waals surface area contributed by atoms with Crippen LogP contribution < -0.4 is 0 Å². The summed E-state index contributed by atoms with van der Waals surface area (Å²) in [6.07, 6.45) is 2.21. The standard InChI is InChI=1S/C18H23N5O/c1-12(2)17-20-18(24-21-17)15-9-6-10-23(15)11-16-19-13-7-4-5-8-14(13)22(16)3/h4-5,7-8,12,15H,6,9-11H2,1-3H3/t15-/m1/s1. The minimum absolute atomic E-state index is 0.199. The Balaban J connectivity index is 1.59. The predicted molar refractivity (Wildman–Crippen MR) is 91.5 cm³/mol. The molecule has 4 rings (SSSR count). The maximum absolute atomic E-state index is 5.54. The Bertz CT molecular complexity index is 850. The number of para-hydroxylation sites is 2. The van der Waals surface area contributed by atoms with E-state index < -0.39 is 0 Å². The fraction of sp³-hybridized carbons (Fsp3) is 0.500. The molecule has 0 saturated carbocycles. The van der Waals surface area contributed by atoms with Gasteiger partial charge >= 0.3 is 0 Å². The number of nitrogens with zero attached hydrogens (tertiary/aromatic N) is 5. The average molecular weight is 325 g/mol. The van der Waals surface area contributed by atoms with Gasteiger partial charge in [-0.25, -0.2) is 4.98 Å². The van der Waals surface area contributed by atoms with Gasteiger partial charge in [0.05, 0.1) is 23.6 Å². The van der Waals surface area contributed by atoms with E-state index in [4.69, 9.17) is 9.51 Å². The van der Waals surface area contributed by atoms with Crippen molar-refractivity contribution in [1.82, 2.24) is 24.6 Å². The smallest absolute Gasteiger partial charge is 0.244 e. The summed E-state index contributed by atoms with van der Waals surface area (Å²) < 4.78 is 7.72. The van der Waals surface area contributed by atoms with Crippen LogP contribution in [0.5, 0.6) is 0 Å². The molecule has 1 aromatic carbocycles. The first-order valence-corrected chi connectivity index (χ1v) is 8.61. The van der Waals surface area contributed by atoms with Crippen molar-refractivity contribution >= 4 is 11.0 Å². The lowest BCUT2D eigenvalue weighted by Crippen LogP contribution is -2.24. The van der Waals surface area contributed by atoms with Gasteiger partial charge in [0.2, 0.25) is 5.89 Å². The summed E-state index contributed by atoms with van der Waals surface area (Å²) in [7, 11) is 2.08. The summed E-state index contributed by atoms with van der Waals surface area (Å²) >= 11 is 0. The molecule has 3 aromatic rings. The number of hydrogen-bond acceptors (Lipinski definition) is 5. The van der Waals surface area contributed by atoms with Crippen molar-refractivity contribution in [3.05, 3.63) is 41.8 Å². The number of hydrogen-bond donors (Lipinski definition) is 0. The zero-order valence-electron chi connectivity index (χ0n) is 14.4. The number of imidazole rings is 1. The van der Waals surface area contributed by atoms with E-state index in [1.807, 2.05) is 6.07 Å². The second-order valence-electron chi connectivity index (χ2n) is 6.85. The molecule has 24 heavy (non-hydrogen) atoms. The van der Waals surface area contributed by atoms with Gasteiger partial charge in [0, 0.05) is 13.0 Å². The number of aryl methyl sites for hydroxylation is 1. The first-order valence-electron chi connectivity index (χ1n) is 8.61. The molecule has 3 heterocycles. The van der Waals surface area contributed by atoms with E-state index in [0.29, 0.717) is 0 Å². The van der Waals surface area contributed by atoms with E-state index in [1.165, 1.54) is 5.52 Å². The Labute approximate surface area is 141 Å².